The fourth-order valence-corrected chi connectivity index (χ4v) is 20.5. The molecule has 6 saturated heterocycles. The van der Waals surface area contributed by atoms with Crippen LogP contribution in [0.15, 0.2) is 12.2 Å². The molecular formula is C50H80Cl4N4O4-2. The third-order valence-corrected chi connectivity index (χ3v) is 23.3. The normalized spacial score (nSPS) is 48.1. The van der Waals surface area contributed by atoms with Gasteiger partial charge in [0.15, 0.2) is 0 Å². The number of nitrogens with one attached hydrogen (secondary N) is 2. The number of carboxylic acid groups (broad SMARTS) is 2. The van der Waals surface area contributed by atoms with Crippen LogP contribution in [-0.4, -0.2) is 109 Å². The Morgan fingerprint density at radius 2 is 1.29 bits per heavy atom. The molecule has 2 N–H and O–H groups in total. The van der Waals surface area contributed by atoms with Crippen LogP contribution in [0, 0.1) is 62.6 Å². The van der Waals surface area contributed by atoms with E-state index in [0.29, 0.717) is 42.4 Å². The molecule has 11 fully saturated rings. The standard InChI is InChI=1S/C50H80Cl2N4O4.2ClH/c1-33(2)34-10-17-48(32-49(51,18-13-41(57)58)39-30-53-22-26-55(39)27-23-53)21-20-46(6)35(43(34)48)8-9-38-45(5)15-11-37(44(3,4)36(45)12-16-47(38,46)7)50(52,19-14-42(59)60)40-31-54-24-28-56(40)29-25-54;;/h34-40,43H,1,8-32H2,2-7H3,(H,57,58)(H,59,60);2*1H/p-2/t34-,35+,36-,37?,38+,39?,40?,43+,45-,46+,47+,48+,49?,50?;;/m0../s1. The maximum atomic E-state index is 12.1. The van der Waals surface area contributed by atoms with Crippen molar-refractivity contribution < 1.29 is 54.4 Å². The van der Waals surface area contributed by atoms with Gasteiger partial charge in [-0.3, -0.25) is 9.80 Å². The predicted molar refractivity (Wildman–Crippen MR) is 235 cm³/mol. The fourth-order valence-electron chi connectivity index (χ4n) is 19.2. The Morgan fingerprint density at radius 1 is 0.710 bits per heavy atom. The minimum Gasteiger partial charge on any atom is -1.00 e. The Morgan fingerprint density at radius 3 is 1.84 bits per heavy atom. The van der Waals surface area contributed by atoms with Crippen molar-refractivity contribution in [2.45, 2.75) is 160 Å². The molecule has 6 heterocycles. The molecule has 5 aliphatic carbocycles. The van der Waals surface area contributed by atoms with Gasteiger partial charge >= 0.3 is 0 Å². The van der Waals surface area contributed by atoms with E-state index in [2.05, 4.69) is 51.3 Å². The van der Waals surface area contributed by atoms with Crippen molar-refractivity contribution in [3.8, 4) is 0 Å². The Bertz CT molecular complexity index is 1710. The van der Waals surface area contributed by atoms with Crippen molar-refractivity contribution in [1.29, 1.82) is 0 Å². The van der Waals surface area contributed by atoms with Crippen molar-refractivity contribution in [3.05, 3.63) is 12.2 Å². The first-order chi connectivity index (χ1) is 28.2. The number of aliphatic carboxylic acids is 2. The van der Waals surface area contributed by atoms with Gasteiger partial charge < -0.3 is 54.4 Å². The number of allylic oxidation sites excluding steroid dienone is 1. The highest BCUT2D eigenvalue weighted by molar-refractivity contribution is 6.25. The average molecular weight is 943 g/mol. The number of rotatable bonds is 12. The van der Waals surface area contributed by atoms with Gasteiger partial charge in [0.25, 0.3) is 0 Å². The topological polar surface area (TPSA) is 95.6 Å². The second-order valence-corrected chi connectivity index (χ2v) is 25.8. The van der Waals surface area contributed by atoms with Crippen LogP contribution in [0.4, 0.5) is 0 Å². The van der Waals surface area contributed by atoms with Crippen molar-refractivity contribution in [1.82, 2.24) is 9.80 Å². The molecule has 0 aromatic carbocycles. The van der Waals surface area contributed by atoms with Crippen LogP contribution in [0.5, 0.6) is 0 Å². The molecule has 8 nitrogen and oxygen atoms in total. The number of fused-ring (bicyclic) bond motifs is 13. The zero-order valence-corrected chi connectivity index (χ0v) is 42.1. The molecule has 0 spiro atoms. The number of quaternary nitrogens is 2. The molecule has 0 aromatic rings. The molecule has 4 bridgehead atoms. The average Bonchev–Trinajstić information content (AvgIpc) is 3.59. The Kier molecular flexibility index (Phi) is 13.9. The Hall–Kier alpha value is -0.320. The van der Waals surface area contributed by atoms with Gasteiger partial charge in [-0.15, -0.1) is 23.2 Å². The summed E-state index contributed by atoms with van der Waals surface area (Å²) in [5.41, 5.74) is 2.00. The first-order valence-corrected chi connectivity index (χ1v) is 25.5. The molecule has 14 atom stereocenters. The zero-order valence-electron chi connectivity index (χ0n) is 39.0. The molecular weight excluding hydrogens is 862 g/mol. The lowest BCUT2D eigenvalue weighted by atomic mass is 9.31. The van der Waals surface area contributed by atoms with Gasteiger partial charge in [-0.1, -0.05) is 46.8 Å². The Balaban J connectivity index is 0.00000289. The van der Waals surface area contributed by atoms with Crippen LogP contribution in [0.25, 0.3) is 0 Å². The minimum absolute atomic E-state index is 0. The third-order valence-electron chi connectivity index (χ3n) is 22.0. The van der Waals surface area contributed by atoms with Crippen LogP contribution in [0.1, 0.15) is 138 Å². The lowest BCUT2D eigenvalue weighted by molar-refractivity contribution is -0.943. The molecule has 0 aromatic heterocycles. The van der Waals surface area contributed by atoms with Crippen LogP contribution in [-0.2, 0) is 9.59 Å². The summed E-state index contributed by atoms with van der Waals surface area (Å²) in [5, 5.41) is 24.2. The van der Waals surface area contributed by atoms with Crippen molar-refractivity contribution in [2.75, 3.05) is 65.4 Å². The highest BCUT2D eigenvalue weighted by Crippen LogP contribution is 2.79. The molecule has 0 amide bonds. The summed E-state index contributed by atoms with van der Waals surface area (Å²) in [6.07, 6.45) is 14.0. The fraction of sp³-hybridized carbons (Fsp3) is 0.920. The highest BCUT2D eigenvalue weighted by atomic mass is 35.5. The van der Waals surface area contributed by atoms with Crippen LogP contribution in [0.2, 0.25) is 0 Å². The number of carbonyl (C=O) groups is 2. The lowest BCUT2D eigenvalue weighted by Crippen LogP contribution is -3.23. The van der Waals surface area contributed by atoms with Gasteiger partial charge in [0.1, 0.15) is 17.0 Å². The summed E-state index contributed by atoms with van der Waals surface area (Å²) in [4.78, 5) is 31.4. The van der Waals surface area contributed by atoms with Crippen LogP contribution in [0.3, 0.4) is 0 Å². The van der Waals surface area contributed by atoms with E-state index in [9.17, 15) is 19.8 Å². The van der Waals surface area contributed by atoms with E-state index in [1.54, 1.807) is 9.80 Å². The lowest BCUT2D eigenvalue weighted by Gasteiger charge is -2.74. The highest BCUT2D eigenvalue weighted by Gasteiger charge is 2.73. The van der Waals surface area contributed by atoms with Gasteiger partial charge in [0.05, 0.1) is 44.1 Å². The van der Waals surface area contributed by atoms with Gasteiger partial charge in [-0.25, -0.2) is 0 Å². The van der Waals surface area contributed by atoms with E-state index in [-0.39, 0.29) is 82.7 Å². The summed E-state index contributed by atoms with van der Waals surface area (Å²) in [7, 11) is 0. The second kappa shape index (κ2) is 17.3. The number of carbonyl (C=O) groups excluding carboxylic acids is 2. The maximum Gasteiger partial charge on any atom is 0.120 e. The molecule has 12 heteroatoms. The zero-order chi connectivity index (χ0) is 42.8. The quantitative estimate of drug-likeness (QED) is 0.171. The van der Waals surface area contributed by atoms with Gasteiger partial charge in [-0.05, 0) is 166 Å². The number of alkyl halides is 2. The third kappa shape index (κ3) is 7.58. The van der Waals surface area contributed by atoms with E-state index in [0.717, 1.165) is 78.3 Å². The van der Waals surface area contributed by atoms with Crippen molar-refractivity contribution >= 4 is 35.1 Å². The van der Waals surface area contributed by atoms with Gasteiger partial charge in [0.2, 0.25) is 0 Å². The van der Waals surface area contributed by atoms with Gasteiger partial charge in [-0.2, -0.15) is 0 Å². The van der Waals surface area contributed by atoms with E-state index < -0.39 is 21.7 Å². The molecule has 0 radical (unpaired) electrons. The summed E-state index contributed by atoms with van der Waals surface area (Å²) in [6.45, 7) is 31.1. The summed E-state index contributed by atoms with van der Waals surface area (Å²) in [6, 6.07) is 0.511. The predicted octanol–water partition coefficient (Wildman–Crippen LogP) is -2.16. The van der Waals surface area contributed by atoms with E-state index in [1.165, 1.54) is 63.4 Å². The molecule has 6 aliphatic heterocycles. The Labute approximate surface area is 397 Å². The van der Waals surface area contributed by atoms with Crippen LogP contribution < -0.4 is 44.8 Å². The largest absolute Gasteiger partial charge is 1.00 e. The minimum atomic E-state index is -0.970. The monoisotopic (exact) mass is 940 g/mol. The molecule has 5 saturated carbocycles. The van der Waals surface area contributed by atoms with E-state index >= 15 is 0 Å². The number of piperazine rings is 6. The number of hydrogen-bond donors (Lipinski definition) is 2. The molecule has 354 valence electrons. The molecule has 11 aliphatic rings. The van der Waals surface area contributed by atoms with E-state index in [1.807, 2.05) is 0 Å². The molecule has 11 rings (SSSR count). The smallest absolute Gasteiger partial charge is 0.120 e. The first-order valence-electron chi connectivity index (χ1n) is 24.8. The van der Waals surface area contributed by atoms with Crippen LogP contribution >= 0.6 is 23.2 Å². The van der Waals surface area contributed by atoms with Crippen molar-refractivity contribution in [3.63, 3.8) is 0 Å². The van der Waals surface area contributed by atoms with E-state index in [4.69, 9.17) is 29.8 Å². The number of carboxylic acids is 2. The first kappa shape index (κ1) is 49.6. The molecule has 62 heavy (non-hydrogen) atoms. The summed E-state index contributed by atoms with van der Waals surface area (Å²) >= 11 is 16.2. The second-order valence-electron chi connectivity index (χ2n) is 24.4. The number of hydrogen-bond acceptors (Lipinski definition) is 6. The SMILES string of the molecule is C=C(C)[C@@H]1CC[C@]2(CC(Cl)(CCC(=O)[O-])C3CN4CC[NH+]3CC4)CC[C@]3(C)[C@H](CC[C@@H]4[C@@]5(C)CCC(C(Cl)(CCC(=O)[O-])C6CN7CC[NH+]6CC7)C(C)(C)[C@@H]5CC[C@]43C)[C@@H]12.[Cl-].[Cl-]. The summed E-state index contributed by atoms with van der Waals surface area (Å²) in [5.74, 6) is 1.08. The summed E-state index contributed by atoms with van der Waals surface area (Å²) < 4.78 is 0. The number of nitrogens with zero attached hydrogens (tertiary/aromatic N) is 2. The maximum absolute atomic E-state index is 12.1. The van der Waals surface area contributed by atoms with Crippen molar-refractivity contribution in [2.24, 2.45) is 62.6 Å². The molecule has 5 unspecified atom stereocenters. The van der Waals surface area contributed by atoms with Gasteiger partial charge in [0, 0.05) is 38.1 Å². The number of halogens is 4.